The summed E-state index contributed by atoms with van der Waals surface area (Å²) in [5.74, 6) is 1.43. The molecule has 0 radical (unpaired) electrons. The van der Waals surface area contributed by atoms with Crippen LogP contribution in [0.15, 0.2) is 59.5 Å². The number of methoxy groups -OCH3 is 2. The summed E-state index contributed by atoms with van der Waals surface area (Å²) in [4.78, 5) is 2.45. The molecule has 1 unspecified atom stereocenters. The van der Waals surface area contributed by atoms with Gasteiger partial charge in [-0.3, -0.25) is 4.90 Å². The molecule has 0 bridgehead atoms. The van der Waals surface area contributed by atoms with Crippen molar-refractivity contribution in [2.45, 2.75) is 30.3 Å². The van der Waals surface area contributed by atoms with Crippen LogP contribution in [0, 0.1) is 0 Å². The standard InChI is InChI=1S/C25H24ClNO5S/c1-30-20-6-7-22-16(10-20)8-9-27-15-18-13-24(31-2)25(12-17(18)11-23(22)27)32-33(28,29)21-5-3-4-19(26)14-21/h3-7,10,12-14,23H,8-9,11,15H2,1-2H3. The Bertz CT molecular complexity index is 1320. The highest BCUT2D eigenvalue weighted by Crippen LogP contribution is 2.42. The Hall–Kier alpha value is -2.74. The molecule has 0 saturated carbocycles. The number of rotatable bonds is 5. The molecule has 0 spiro atoms. The molecule has 0 aliphatic carbocycles. The van der Waals surface area contributed by atoms with Crippen LogP contribution in [0.25, 0.3) is 0 Å². The number of nitrogens with zero attached hydrogens (tertiary/aromatic N) is 1. The van der Waals surface area contributed by atoms with Gasteiger partial charge in [0, 0.05) is 24.2 Å². The van der Waals surface area contributed by atoms with E-state index in [9.17, 15) is 8.42 Å². The molecule has 0 aromatic heterocycles. The molecule has 8 heteroatoms. The highest BCUT2D eigenvalue weighted by molar-refractivity contribution is 7.87. The van der Waals surface area contributed by atoms with E-state index in [4.69, 9.17) is 25.3 Å². The molecule has 0 N–H and O–H groups in total. The van der Waals surface area contributed by atoms with Gasteiger partial charge < -0.3 is 13.7 Å². The van der Waals surface area contributed by atoms with E-state index in [2.05, 4.69) is 17.0 Å². The van der Waals surface area contributed by atoms with Crippen molar-refractivity contribution >= 4 is 21.7 Å². The van der Waals surface area contributed by atoms with Gasteiger partial charge in [0.25, 0.3) is 0 Å². The molecular weight excluding hydrogens is 462 g/mol. The highest BCUT2D eigenvalue weighted by Gasteiger charge is 2.33. The lowest BCUT2D eigenvalue weighted by Crippen LogP contribution is -2.39. The molecule has 6 nitrogen and oxygen atoms in total. The Balaban J connectivity index is 1.49. The zero-order chi connectivity index (χ0) is 23.2. The average molecular weight is 486 g/mol. The summed E-state index contributed by atoms with van der Waals surface area (Å²) in [7, 11) is -0.872. The van der Waals surface area contributed by atoms with Crippen molar-refractivity contribution in [3.05, 3.63) is 81.9 Å². The van der Waals surface area contributed by atoms with Gasteiger partial charge in [-0.05, 0) is 77.6 Å². The van der Waals surface area contributed by atoms with Crippen molar-refractivity contribution in [3.63, 3.8) is 0 Å². The lowest BCUT2D eigenvalue weighted by atomic mass is 9.84. The molecule has 172 valence electrons. The number of halogens is 1. The maximum absolute atomic E-state index is 12.9. The Morgan fingerprint density at radius 1 is 0.939 bits per heavy atom. The van der Waals surface area contributed by atoms with Crippen molar-refractivity contribution in [1.29, 1.82) is 0 Å². The first-order valence-corrected chi connectivity index (χ1v) is 12.5. The van der Waals surface area contributed by atoms with E-state index in [1.165, 1.54) is 30.4 Å². The van der Waals surface area contributed by atoms with Gasteiger partial charge in [-0.2, -0.15) is 8.42 Å². The summed E-state index contributed by atoms with van der Waals surface area (Å²) < 4.78 is 42.2. The fraction of sp³-hybridized carbons (Fsp3) is 0.280. The van der Waals surface area contributed by atoms with Gasteiger partial charge in [-0.25, -0.2) is 0 Å². The minimum atomic E-state index is -4.06. The van der Waals surface area contributed by atoms with Crippen molar-refractivity contribution in [1.82, 2.24) is 4.90 Å². The van der Waals surface area contributed by atoms with Crippen LogP contribution in [0.2, 0.25) is 5.02 Å². The molecule has 0 amide bonds. The van der Waals surface area contributed by atoms with Crippen LogP contribution < -0.4 is 13.7 Å². The quantitative estimate of drug-likeness (QED) is 0.484. The topological polar surface area (TPSA) is 65.1 Å². The first-order valence-electron chi connectivity index (χ1n) is 10.7. The average Bonchev–Trinajstić information content (AvgIpc) is 2.81. The second-order valence-corrected chi connectivity index (χ2v) is 10.3. The van der Waals surface area contributed by atoms with Gasteiger partial charge in [-0.1, -0.05) is 23.7 Å². The summed E-state index contributed by atoms with van der Waals surface area (Å²) >= 11 is 5.98. The Morgan fingerprint density at radius 3 is 2.52 bits per heavy atom. The van der Waals surface area contributed by atoms with Crippen molar-refractivity contribution < 1.29 is 22.1 Å². The van der Waals surface area contributed by atoms with Crippen molar-refractivity contribution in [2.24, 2.45) is 0 Å². The molecule has 3 aromatic carbocycles. The van der Waals surface area contributed by atoms with Crippen molar-refractivity contribution in [3.8, 4) is 17.2 Å². The summed E-state index contributed by atoms with van der Waals surface area (Å²) in [6.07, 6.45) is 1.72. The van der Waals surface area contributed by atoms with Crippen LogP contribution in [0.1, 0.15) is 28.3 Å². The summed E-state index contributed by atoms with van der Waals surface area (Å²) in [5.41, 5.74) is 4.76. The van der Waals surface area contributed by atoms with Gasteiger partial charge in [0.05, 0.1) is 14.2 Å². The van der Waals surface area contributed by atoms with Crippen LogP contribution >= 0.6 is 11.6 Å². The monoisotopic (exact) mass is 485 g/mol. The predicted molar refractivity (Wildman–Crippen MR) is 126 cm³/mol. The predicted octanol–water partition coefficient (Wildman–Crippen LogP) is 4.78. The summed E-state index contributed by atoms with van der Waals surface area (Å²) in [5, 5.41) is 0.324. The SMILES string of the molecule is COc1ccc2c(c1)CCN1Cc3cc(OC)c(OS(=O)(=O)c4cccc(Cl)c4)cc3CC21. The zero-order valence-corrected chi connectivity index (χ0v) is 19.9. The fourth-order valence-electron chi connectivity index (χ4n) is 4.72. The fourth-order valence-corrected chi connectivity index (χ4v) is 5.95. The van der Waals surface area contributed by atoms with Crippen molar-refractivity contribution in [2.75, 3.05) is 20.8 Å². The third kappa shape index (κ3) is 4.16. The molecule has 0 fully saturated rings. The Kier molecular flexibility index (Phi) is 5.72. The molecule has 5 rings (SSSR count). The molecule has 0 saturated heterocycles. The second kappa shape index (κ2) is 8.56. The van der Waals surface area contributed by atoms with Crippen LogP contribution in [-0.4, -0.2) is 34.1 Å². The number of benzene rings is 3. The lowest BCUT2D eigenvalue weighted by molar-refractivity contribution is 0.160. The van der Waals surface area contributed by atoms with Gasteiger partial charge in [0.1, 0.15) is 10.6 Å². The third-order valence-corrected chi connectivity index (χ3v) is 7.84. The summed E-state index contributed by atoms with van der Waals surface area (Å²) in [6.45, 7) is 1.72. The smallest absolute Gasteiger partial charge is 0.339 e. The molecular formula is C25H24ClNO5S. The highest BCUT2D eigenvalue weighted by atomic mass is 35.5. The minimum Gasteiger partial charge on any atom is -0.497 e. The molecule has 1 atom stereocenters. The van der Waals surface area contributed by atoms with Crippen LogP contribution in [0.4, 0.5) is 0 Å². The lowest BCUT2D eigenvalue weighted by Gasteiger charge is -2.41. The van der Waals surface area contributed by atoms with Crippen LogP contribution in [-0.2, 0) is 29.5 Å². The third-order valence-electron chi connectivity index (χ3n) is 6.38. The molecule has 2 aliphatic rings. The first kappa shape index (κ1) is 22.1. The van der Waals surface area contributed by atoms with E-state index in [0.717, 1.165) is 42.8 Å². The van der Waals surface area contributed by atoms with Gasteiger partial charge >= 0.3 is 10.1 Å². The zero-order valence-electron chi connectivity index (χ0n) is 18.4. The second-order valence-electron chi connectivity index (χ2n) is 8.27. The van der Waals surface area contributed by atoms with E-state index in [0.29, 0.717) is 10.8 Å². The normalized spacial score (nSPS) is 17.5. The molecule has 2 aliphatic heterocycles. The number of hydrogen-bond donors (Lipinski definition) is 0. The van der Waals surface area contributed by atoms with E-state index >= 15 is 0 Å². The van der Waals surface area contributed by atoms with E-state index in [-0.39, 0.29) is 16.7 Å². The van der Waals surface area contributed by atoms with E-state index in [1.807, 2.05) is 12.1 Å². The van der Waals surface area contributed by atoms with Gasteiger partial charge in [0.15, 0.2) is 11.5 Å². The maximum Gasteiger partial charge on any atom is 0.339 e. The number of ether oxygens (including phenoxy) is 2. The van der Waals surface area contributed by atoms with E-state index in [1.54, 1.807) is 25.3 Å². The Labute approximate surface area is 198 Å². The largest absolute Gasteiger partial charge is 0.497 e. The first-order chi connectivity index (χ1) is 15.9. The van der Waals surface area contributed by atoms with Gasteiger partial charge in [-0.15, -0.1) is 0 Å². The molecule has 2 heterocycles. The minimum absolute atomic E-state index is 0.00361. The van der Waals surface area contributed by atoms with Gasteiger partial charge in [0.2, 0.25) is 0 Å². The summed E-state index contributed by atoms with van der Waals surface area (Å²) in [6, 6.07) is 16.2. The Morgan fingerprint density at radius 2 is 1.76 bits per heavy atom. The maximum atomic E-state index is 12.9. The molecule has 33 heavy (non-hydrogen) atoms. The molecule has 3 aromatic rings. The number of hydrogen-bond acceptors (Lipinski definition) is 6. The van der Waals surface area contributed by atoms with E-state index < -0.39 is 10.1 Å². The van der Waals surface area contributed by atoms with Crippen LogP contribution in [0.3, 0.4) is 0 Å². The number of fused-ring (bicyclic) bond motifs is 4. The van der Waals surface area contributed by atoms with Crippen LogP contribution in [0.5, 0.6) is 17.2 Å².